The molecule has 0 bridgehead atoms. The van der Waals surface area contributed by atoms with Crippen LogP contribution in [0.4, 0.5) is 8.78 Å². The fourth-order valence-corrected chi connectivity index (χ4v) is 3.46. The number of alkyl halides is 2. The average Bonchev–Trinajstić information content (AvgIpc) is 2.55. The second-order valence-corrected chi connectivity index (χ2v) is 6.35. The molecule has 0 N–H and O–H groups in total. The lowest BCUT2D eigenvalue weighted by molar-refractivity contribution is 0.0157. The maximum Gasteiger partial charge on any atom is 0.270 e. The summed E-state index contributed by atoms with van der Waals surface area (Å²) >= 11 is 0. The molecular formula is C19H31F2N. The third-order valence-corrected chi connectivity index (χ3v) is 4.99. The highest BCUT2D eigenvalue weighted by Crippen LogP contribution is 2.42. The standard InChI is InChI=1S/C17H25F2N.C2H6/c1-4-12(2)13-5-7-14(8-6-13)15-11-20-10-9-16(15)17(3,18)19;1-2/h9-14H,4-8H2,1-3H3;1-2H3. The van der Waals surface area contributed by atoms with Crippen molar-refractivity contribution in [3.63, 3.8) is 0 Å². The van der Waals surface area contributed by atoms with Gasteiger partial charge in [-0.1, -0.05) is 34.1 Å². The molecule has 1 saturated carbocycles. The molecule has 3 heteroatoms. The second kappa shape index (κ2) is 8.59. The molecule has 22 heavy (non-hydrogen) atoms. The van der Waals surface area contributed by atoms with Crippen LogP contribution in [0, 0.1) is 11.8 Å². The van der Waals surface area contributed by atoms with E-state index in [-0.39, 0.29) is 11.5 Å². The van der Waals surface area contributed by atoms with E-state index < -0.39 is 5.92 Å². The summed E-state index contributed by atoms with van der Waals surface area (Å²) < 4.78 is 27.4. The lowest BCUT2D eigenvalue weighted by atomic mass is 9.73. The van der Waals surface area contributed by atoms with Crippen LogP contribution in [0.1, 0.15) is 83.8 Å². The highest BCUT2D eigenvalue weighted by atomic mass is 19.3. The van der Waals surface area contributed by atoms with E-state index in [0.717, 1.165) is 50.0 Å². The first kappa shape index (κ1) is 19.1. The Kier molecular flexibility index (Phi) is 7.44. The number of pyridine rings is 1. The Labute approximate surface area is 134 Å². The monoisotopic (exact) mass is 311 g/mol. The van der Waals surface area contributed by atoms with Crippen molar-refractivity contribution in [1.82, 2.24) is 4.98 Å². The molecule has 1 aliphatic carbocycles. The molecule has 1 aromatic heterocycles. The molecule has 2 rings (SSSR count). The van der Waals surface area contributed by atoms with Crippen LogP contribution in [0.15, 0.2) is 18.5 Å². The highest BCUT2D eigenvalue weighted by Gasteiger charge is 2.32. The maximum atomic E-state index is 13.7. The zero-order valence-electron chi connectivity index (χ0n) is 14.7. The first-order valence-corrected chi connectivity index (χ1v) is 8.75. The van der Waals surface area contributed by atoms with E-state index in [9.17, 15) is 8.78 Å². The quantitative estimate of drug-likeness (QED) is 0.615. The van der Waals surface area contributed by atoms with Gasteiger partial charge >= 0.3 is 0 Å². The molecular weight excluding hydrogens is 280 g/mol. The molecule has 1 fully saturated rings. The highest BCUT2D eigenvalue weighted by molar-refractivity contribution is 5.31. The summed E-state index contributed by atoms with van der Waals surface area (Å²) in [6, 6.07) is 1.48. The summed E-state index contributed by atoms with van der Waals surface area (Å²) in [6.07, 6.45) is 8.68. The van der Waals surface area contributed by atoms with Gasteiger partial charge in [0.2, 0.25) is 0 Å². The molecule has 0 amide bonds. The van der Waals surface area contributed by atoms with Gasteiger partial charge in [-0.05, 0) is 55.1 Å². The van der Waals surface area contributed by atoms with Crippen LogP contribution in [0.2, 0.25) is 0 Å². The predicted octanol–water partition coefficient (Wildman–Crippen LogP) is 6.54. The number of aromatic nitrogens is 1. The molecule has 0 spiro atoms. The third kappa shape index (κ3) is 4.76. The van der Waals surface area contributed by atoms with Gasteiger partial charge in [-0.15, -0.1) is 0 Å². The van der Waals surface area contributed by atoms with Gasteiger partial charge in [0, 0.05) is 24.9 Å². The summed E-state index contributed by atoms with van der Waals surface area (Å²) in [7, 11) is 0. The van der Waals surface area contributed by atoms with Crippen LogP contribution >= 0.6 is 0 Å². The van der Waals surface area contributed by atoms with Gasteiger partial charge in [0.05, 0.1) is 0 Å². The van der Waals surface area contributed by atoms with Crippen molar-refractivity contribution in [1.29, 1.82) is 0 Å². The zero-order chi connectivity index (χ0) is 16.8. The largest absolute Gasteiger partial charge is 0.270 e. The van der Waals surface area contributed by atoms with Gasteiger partial charge in [0.15, 0.2) is 0 Å². The molecule has 1 aromatic rings. The van der Waals surface area contributed by atoms with Gasteiger partial charge in [-0.25, -0.2) is 8.78 Å². The van der Waals surface area contributed by atoms with E-state index in [1.54, 1.807) is 6.20 Å². The Bertz CT molecular complexity index is 431. The van der Waals surface area contributed by atoms with Crippen LogP contribution < -0.4 is 0 Å². The Morgan fingerprint density at radius 1 is 1.23 bits per heavy atom. The molecule has 1 aliphatic rings. The SMILES string of the molecule is CC.CCC(C)C1CCC(c2cnccc2C(C)(F)F)CC1. The second-order valence-electron chi connectivity index (χ2n) is 6.35. The van der Waals surface area contributed by atoms with Crippen molar-refractivity contribution in [2.24, 2.45) is 11.8 Å². The number of hydrogen-bond donors (Lipinski definition) is 0. The van der Waals surface area contributed by atoms with Crippen molar-refractivity contribution in [2.75, 3.05) is 0 Å². The van der Waals surface area contributed by atoms with Crippen molar-refractivity contribution in [3.05, 3.63) is 29.6 Å². The van der Waals surface area contributed by atoms with E-state index in [4.69, 9.17) is 0 Å². The van der Waals surface area contributed by atoms with E-state index in [2.05, 4.69) is 18.8 Å². The van der Waals surface area contributed by atoms with Crippen molar-refractivity contribution >= 4 is 0 Å². The van der Waals surface area contributed by atoms with E-state index in [0.29, 0.717) is 0 Å². The van der Waals surface area contributed by atoms with E-state index in [1.165, 1.54) is 18.7 Å². The Hall–Kier alpha value is -0.990. The van der Waals surface area contributed by atoms with E-state index in [1.807, 2.05) is 13.8 Å². The number of halogens is 2. The Balaban J connectivity index is 0.00000116. The smallest absolute Gasteiger partial charge is 0.264 e. The lowest BCUT2D eigenvalue weighted by Crippen LogP contribution is -2.21. The molecule has 126 valence electrons. The van der Waals surface area contributed by atoms with Crippen LogP contribution in [0.5, 0.6) is 0 Å². The lowest BCUT2D eigenvalue weighted by Gasteiger charge is -2.33. The van der Waals surface area contributed by atoms with Crippen LogP contribution in [-0.4, -0.2) is 4.98 Å². The predicted molar refractivity (Wildman–Crippen MR) is 89.3 cm³/mol. The van der Waals surface area contributed by atoms with Gasteiger partial charge < -0.3 is 0 Å². The first-order chi connectivity index (χ1) is 10.4. The Morgan fingerprint density at radius 3 is 2.32 bits per heavy atom. The number of nitrogens with zero attached hydrogens (tertiary/aromatic N) is 1. The van der Waals surface area contributed by atoms with Crippen molar-refractivity contribution in [3.8, 4) is 0 Å². The van der Waals surface area contributed by atoms with Crippen molar-refractivity contribution in [2.45, 2.75) is 78.6 Å². The van der Waals surface area contributed by atoms with Gasteiger partial charge in [0.1, 0.15) is 0 Å². The number of rotatable bonds is 4. The Morgan fingerprint density at radius 2 is 1.82 bits per heavy atom. The average molecular weight is 311 g/mol. The van der Waals surface area contributed by atoms with Gasteiger partial charge in [-0.3, -0.25) is 4.98 Å². The summed E-state index contributed by atoms with van der Waals surface area (Å²) in [5.74, 6) is -1.01. The summed E-state index contributed by atoms with van der Waals surface area (Å²) in [4.78, 5) is 4.07. The minimum absolute atomic E-state index is 0.166. The maximum absolute atomic E-state index is 13.7. The molecule has 0 aliphatic heterocycles. The fourth-order valence-electron chi connectivity index (χ4n) is 3.46. The number of hydrogen-bond acceptors (Lipinski definition) is 1. The van der Waals surface area contributed by atoms with Crippen LogP contribution in [0.25, 0.3) is 0 Å². The molecule has 1 unspecified atom stereocenters. The summed E-state index contributed by atoms with van der Waals surface area (Å²) in [5.41, 5.74) is 0.932. The van der Waals surface area contributed by atoms with Gasteiger partial charge in [0.25, 0.3) is 5.92 Å². The van der Waals surface area contributed by atoms with E-state index >= 15 is 0 Å². The molecule has 1 heterocycles. The summed E-state index contributed by atoms with van der Waals surface area (Å²) in [6.45, 7) is 9.52. The van der Waals surface area contributed by atoms with Gasteiger partial charge in [-0.2, -0.15) is 0 Å². The normalized spacial score (nSPS) is 23.4. The molecule has 1 atom stereocenters. The molecule has 0 saturated heterocycles. The zero-order valence-corrected chi connectivity index (χ0v) is 14.7. The minimum Gasteiger partial charge on any atom is -0.264 e. The topological polar surface area (TPSA) is 12.9 Å². The third-order valence-electron chi connectivity index (χ3n) is 4.99. The van der Waals surface area contributed by atoms with Crippen LogP contribution in [-0.2, 0) is 5.92 Å². The summed E-state index contributed by atoms with van der Waals surface area (Å²) in [5, 5.41) is 0. The van der Waals surface area contributed by atoms with Crippen molar-refractivity contribution < 1.29 is 8.78 Å². The minimum atomic E-state index is -2.77. The fraction of sp³-hybridized carbons (Fsp3) is 0.737. The molecule has 0 radical (unpaired) electrons. The molecule has 0 aromatic carbocycles. The molecule has 1 nitrogen and oxygen atoms in total. The first-order valence-electron chi connectivity index (χ1n) is 8.75. The van der Waals surface area contributed by atoms with Crippen LogP contribution in [0.3, 0.4) is 0 Å².